The standard InChI is InChI=1S/C14H10F4N2O/c15-11-4-10(14(16,17)18)13(3-9(11)6-21)20-5-12(19-7-20)8-1-2-8/h3-8H,1-2H2. The van der Waals surface area contributed by atoms with Gasteiger partial charge in [-0.15, -0.1) is 0 Å². The number of alkyl halides is 3. The van der Waals surface area contributed by atoms with Gasteiger partial charge in [-0.05, 0) is 25.0 Å². The molecule has 0 N–H and O–H groups in total. The van der Waals surface area contributed by atoms with Crippen molar-refractivity contribution in [2.24, 2.45) is 0 Å². The summed E-state index contributed by atoms with van der Waals surface area (Å²) in [6.45, 7) is 0. The molecule has 1 aromatic heterocycles. The van der Waals surface area contributed by atoms with Crippen LogP contribution in [0.2, 0.25) is 0 Å². The van der Waals surface area contributed by atoms with E-state index in [1.54, 1.807) is 0 Å². The van der Waals surface area contributed by atoms with Crippen molar-refractivity contribution >= 4 is 6.29 Å². The second kappa shape index (κ2) is 4.68. The minimum Gasteiger partial charge on any atom is -0.305 e. The molecule has 2 aromatic rings. The van der Waals surface area contributed by atoms with Gasteiger partial charge in [0, 0.05) is 12.1 Å². The summed E-state index contributed by atoms with van der Waals surface area (Å²) in [6.07, 6.45) is 0.150. The van der Waals surface area contributed by atoms with Crippen LogP contribution in [0.25, 0.3) is 5.69 Å². The Balaban J connectivity index is 2.15. The maximum absolute atomic E-state index is 13.5. The van der Waals surface area contributed by atoms with E-state index in [4.69, 9.17) is 0 Å². The van der Waals surface area contributed by atoms with E-state index in [9.17, 15) is 22.4 Å². The molecule has 21 heavy (non-hydrogen) atoms. The van der Waals surface area contributed by atoms with E-state index in [-0.39, 0.29) is 17.9 Å². The van der Waals surface area contributed by atoms with Crippen LogP contribution in [0, 0.1) is 5.82 Å². The van der Waals surface area contributed by atoms with E-state index >= 15 is 0 Å². The van der Waals surface area contributed by atoms with Crippen LogP contribution < -0.4 is 0 Å². The lowest BCUT2D eigenvalue weighted by Crippen LogP contribution is -2.12. The largest absolute Gasteiger partial charge is 0.418 e. The fourth-order valence-electron chi connectivity index (χ4n) is 2.17. The average molecular weight is 298 g/mol. The first-order valence-corrected chi connectivity index (χ1v) is 6.30. The Morgan fingerprint density at radius 3 is 2.57 bits per heavy atom. The summed E-state index contributed by atoms with van der Waals surface area (Å²) in [5.41, 5.74) is -1.14. The van der Waals surface area contributed by atoms with E-state index in [0.29, 0.717) is 11.8 Å². The van der Waals surface area contributed by atoms with Gasteiger partial charge in [-0.1, -0.05) is 0 Å². The monoisotopic (exact) mass is 298 g/mol. The summed E-state index contributed by atoms with van der Waals surface area (Å²) in [5.74, 6) is -0.907. The van der Waals surface area contributed by atoms with Crippen molar-refractivity contribution < 1.29 is 22.4 Å². The number of hydrogen-bond acceptors (Lipinski definition) is 2. The quantitative estimate of drug-likeness (QED) is 0.639. The normalized spacial score (nSPS) is 15.2. The van der Waals surface area contributed by atoms with Crippen molar-refractivity contribution in [3.05, 3.63) is 47.3 Å². The van der Waals surface area contributed by atoms with Gasteiger partial charge in [0.15, 0.2) is 6.29 Å². The lowest BCUT2D eigenvalue weighted by atomic mass is 10.1. The molecule has 3 nitrogen and oxygen atoms in total. The highest BCUT2D eigenvalue weighted by Gasteiger charge is 2.35. The smallest absolute Gasteiger partial charge is 0.305 e. The van der Waals surface area contributed by atoms with Crippen molar-refractivity contribution in [2.75, 3.05) is 0 Å². The number of nitrogens with zero attached hydrogens (tertiary/aromatic N) is 2. The number of halogens is 4. The number of rotatable bonds is 3. The fourth-order valence-corrected chi connectivity index (χ4v) is 2.17. The number of hydrogen-bond donors (Lipinski definition) is 0. The van der Waals surface area contributed by atoms with Gasteiger partial charge in [-0.25, -0.2) is 9.37 Å². The molecule has 0 aliphatic heterocycles. The molecular formula is C14H10F4N2O. The molecule has 110 valence electrons. The molecule has 0 bridgehead atoms. The molecule has 7 heteroatoms. The minimum atomic E-state index is -4.72. The van der Waals surface area contributed by atoms with Gasteiger partial charge in [0.25, 0.3) is 0 Å². The van der Waals surface area contributed by atoms with Gasteiger partial charge in [0.2, 0.25) is 0 Å². The second-order valence-electron chi connectivity index (χ2n) is 4.99. The van der Waals surface area contributed by atoms with Crippen LogP contribution in [-0.4, -0.2) is 15.8 Å². The Hall–Kier alpha value is -2.18. The molecule has 3 rings (SSSR count). The zero-order valence-corrected chi connectivity index (χ0v) is 10.7. The predicted molar refractivity (Wildman–Crippen MR) is 65.9 cm³/mol. The second-order valence-corrected chi connectivity index (χ2v) is 4.99. The molecule has 0 unspecified atom stereocenters. The van der Waals surface area contributed by atoms with Crippen molar-refractivity contribution in [3.8, 4) is 5.69 Å². The van der Waals surface area contributed by atoms with E-state index < -0.39 is 23.1 Å². The van der Waals surface area contributed by atoms with E-state index in [2.05, 4.69) is 4.98 Å². The number of imidazole rings is 1. The molecule has 0 radical (unpaired) electrons. The number of aromatic nitrogens is 2. The SMILES string of the molecule is O=Cc1cc(-n2cnc(C3CC3)c2)c(C(F)(F)F)cc1F. The van der Waals surface area contributed by atoms with Crippen LogP contribution >= 0.6 is 0 Å². The molecular weight excluding hydrogens is 288 g/mol. The Labute approximate surface area is 117 Å². The molecule has 0 saturated heterocycles. The van der Waals surface area contributed by atoms with Crippen LogP contribution in [0.15, 0.2) is 24.7 Å². The highest BCUT2D eigenvalue weighted by Crippen LogP contribution is 2.40. The van der Waals surface area contributed by atoms with Gasteiger partial charge in [0.05, 0.1) is 28.8 Å². The average Bonchev–Trinajstić information content (AvgIpc) is 3.16. The van der Waals surface area contributed by atoms with Gasteiger partial charge < -0.3 is 4.57 Å². The summed E-state index contributed by atoms with van der Waals surface area (Å²) >= 11 is 0. The number of carbonyl (C=O) groups is 1. The summed E-state index contributed by atoms with van der Waals surface area (Å²) in [6, 6.07) is 1.24. The van der Waals surface area contributed by atoms with Crippen LogP contribution in [0.3, 0.4) is 0 Å². The van der Waals surface area contributed by atoms with Gasteiger partial charge in [-0.3, -0.25) is 4.79 Å². The summed E-state index contributed by atoms with van der Waals surface area (Å²) in [7, 11) is 0. The van der Waals surface area contributed by atoms with E-state index in [1.165, 1.54) is 17.1 Å². The zero-order valence-electron chi connectivity index (χ0n) is 10.7. The van der Waals surface area contributed by atoms with Crippen LogP contribution in [-0.2, 0) is 6.18 Å². The molecule has 1 aliphatic rings. The number of carbonyl (C=O) groups excluding carboxylic acids is 1. The third-order valence-corrected chi connectivity index (χ3v) is 3.42. The molecule has 0 spiro atoms. The van der Waals surface area contributed by atoms with Crippen LogP contribution in [0.1, 0.15) is 40.4 Å². The highest BCUT2D eigenvalue weighted by molar-refractivity contribution is 5.77. The molecule has 0 amide bonds. The molecule has 1 aromatic carbocycles. The molecule has 1 fully saturated rings. The minimum absolute atomic E-state index is 0.192. The van der Waals surface area contributed by atoms with Gasteiger partial charge in [0.1, 0.15) is 5.82 Å². The van der Waals surface area contributed by atoms with Crippen molar-refractivity contribution in [1.29, 1.82) is 0 Å². The summed E-state index contributed by atoms with van der Waals surface area (Å²) < 4.78 is 53.8. The third kappa shape index (κ3) is 2.55. The van der Waals surface area contributed by atoms with Crippen molar-refractivity contribution in [1.82, 2.24) is 9.55 Å². The lowest BCUT2D eigenvalue weighted by Gasteiger charge is -2.14. The topological polar surface area (TPSA) is 34.9 Å². The van der Waals surface area contributed by atoms with E-state index in [1.807, 2.05) is 0 Å². The molecule has 1 saturated carbocycles. The molecule has 1 aliphatic carbocycles. The highest BCUT2D eigenvalue weighted by atomic mass is 19.4. The summed E-state index contributed by atoms with van der Waals surface area (Å²) in [5, 5.41) is 0. The van der Waals surface area contributed by atoms with Crippen LogP contribution in [0.4, 0.5) is 17.6 Å². The fraction of sp³-hybridized carbons (Fsp3) is 0.286. The molecule has 1 heterocycles. The third-order valence-electron chi connectivity index (χ3n) is 3.42. The number of benzene rings is 1. The Morgan fingerprint density at radius 1 is 1.29 bits per heavy atom. The maximum Gasteiger partial charge on any atom is 0.418 e. The Bertz CT molecular complexity index is 701. The van der Waals surface area contributed by atoms with Crippen LogP contribution in [0.5, 0.6) is 0 Å². The first-order valence-electron chi connectivity index (χ1n) is 6.30. The lowest BCUT2D eigenvalue weighted by molar-refractivity contribution is -0.137. The Kier molecular flexibility index (Phi) is 3.07. The number of aldehydes is 1. The Morgan fingerprint density at radius 2 is 2.00 bits per heavy atom. The van der Waals surface area contributed by atoms with Crippen molar-refractivity contribution in [3.63, 3.8) is 0 Å². The first kappa shape index (κ1) is 13.8. The zero-order chi connectivity index (χ0) is 15.2. The first-order chi connectivity index (χ1) is 9.90. The summed E-state index contributed by atoms with van der Waals surface area (Å²) in [4.78, 5) is 14.8. The predicted octanol–water partition coefficient (Wildman–Crippen LogP) is 3.72. The van der Waals surface area contributed by atoms with Gasteiger partial charge in [-0.2, -0.15) is 13.2 Å². The van der Waals surface area contributed by atoms with Crippen molar-refractivity contribution in [2.45, 2.75) is 24.9 Å². The van der Waals surface area contributed by atoms with Gasteiger partial charge >= 0.3 is 6.18 Å². The van der Waals surface area contributed by atoms with E-state index in [0.717, 1.165) is 18.9 Å². The molecule has 0 atom stereocenters. The maximum atomic E-state index is 13.5.